The van der Waals surface area contributed by atoms with Gasteiger partial charge in [0.15, 0.2) is 0 Å². The zero-order valence-corrected chi connectivity index (χ0v) is 26.0. The molecule has 0 radical (unpaired) electrons. The molecule has 1 N–H and O–H groups in total. The second-order valence-corrected chi connectivity index (χ2v) is 13.1. The first-order valence-electron chi connectivity index (χ1n) is 15.0. The summed E-state index contributed by atoms with van der Waals surface area (Å²) in [7, 11) is -3.73. The Labute approximate surface area is 254 Å². The van der Waals surface area contributed by atoms with Gasteiger partial charge in [-0.2, -0.15) is 9.40 Å². The van der Waals surface area contributed by atoms with Gasteiger partial charge in [-0.25, -0.2) is 8.42 Å². The average Bonchev–Trinajstić information content (AvgIpc) is 3.43. The van der Waals surface area contributed by atoms with Gasteiger partial charge in [0.1, 0.15) is 5.69 Å². The van der Waals surface area contributed by atoms with E-state index >= 15 is 0 Å². The minimum absolute atomic E-state index is 0.181. The van der Waals surface area contributed by atoms with Crippen molar-refractivity contribution in [2.45, 2.75) is 57.9 Å². The second-order valence-electron chi connectivity index (χ2n) is 11.2. The van der Waals surface area contributed by atoms with Gasteiger partial charge in [0, 0.05) is 30.5 Å². The molecule has 9 heteroatoms. The Balaban J connectivity index is 1.42. The molecular formula is C34H40N4O4S. The first-order chi connectivity index (χ1) is 20.7. The molecule has 0 spiro atoms. The summed E-state index contributed by atoms with van der Waals surface area (Å²) in [5.41, 5.74) is 6.39. The fourth-order valence-electron chi connectivity index (χ4n) is 5.32. The number of hydrogen-bond acceptors (Lipinski definition) is 5. The van der Waals surface area contributed by atoms with E-state index in [9.17, 15) is 13.2 Å². The largest absolute Gasteiger partial charge is 0.379 e. The van der Waals surface area contributed by atoms with Crippen molar-refractivity contribution in [2.75, 3.05) is 31.6 Å². The van der Waals surface area contributed by atoms with Crippen molar-refractivity contribution in [1.82, 2.24) is 14.1 Å². The summed E-state index contributed by atoms with van der Waals surface area (Å²) in [5, 5.41) is 7.78. The highest BCUT2D eigenvalue weighted by atomic mass is 32.2. The molecule has 2 heterocycles. The summed E-state index contributed by atoms with van der Waals surface area (Å²) in [6.07, 6.45) is 6.38. The third-order valence-corrected chi connectivity index (χ3v) is 9.81. The molecule has 0 aliphatic carbocycles. The van der Waals surface area contributed by atoms with Gasteiger partial charge in [0.2, 0.25) is 10.0 Å². The smallest absolute Gasteiger partial charge is 0.259 e. The van der Waals surface area contributed by atoms with Crippen LogP contribution < -0.4 is 5.32 Å². The summed E-state index contributed by atoms with van der Waals surface area (Å²) in [4.78, 5) is 13.9. The fourth-order valence-corrected chi connectivity index (χ4v) is 6.98. The van der Waals surface area contributed by atoms with E-state index in [0.29, 0.717) is 55.4 Å². The highest BCUT2D eigenvalue weighted by Crippen LogP contribution is 2.27. The maximum absolute atomic E-state index is 13.7. The number of sulfonamides is 1. The first kappa shape index (κ1) is 30.7. The van der Waals surface area contributed by atoms with Crippen LogP contribution in [0.2, 0.25) is 0 Å². The van der Waals surface area contributed by atoms with E-state index in [1.807, 2.05) is 31.2 Å². The molecule has 226 valence electrons. The van der Waals surface area contributed by atoms with Crippen molar-refractivity contribution in [1.29, 1.82) is 0 Å². The van der Waals surface area contributed by atoms with E-state index in [4.69, 9.17) is 9.84 Å². The maximum Gasteiger partial charge on any atom is 0.259 e. The number of morpholine rings is 1. The number of anilines is 1. The standard InChI is InChI=1S/C34H40N4O4S/c1-4-5-6-8-27-9-7-10-28(21-27)23-37-24-31(33(36-37)29-14-11-25(2)12-15-29)34(39)35-30-16-13-26(3)32(22-30)43(40,41)38-17-19-42-20-18-38/h7,9-16,21-22,24H,4-6,8,17-20,23H2,1-3H3,(H,35,39). The number of carbonyl (C=O) groups is 1. The Morgan fingerprint density at radius 3 is 2.44 bits per heavy atom. The van der Waals surface area contributed by atoms with E-state index < -0.39 is 10.0 Å². The number of rotatable bonds is 11. The van der Waals surface area contributed by atoms with Gasteiger partial charge in [-0.3, -0.25) is 9.48 Å². The van der Waals surface area contributed by atoms with E-state index in [1.54, 1.807) is 29.9 Å². The molecule has 5 rings (SSSR count). The number of aryl methyl sites for hydroxylation is 3. The zero-order chi connectivity index (χ0) is 30.4. The Hall–Kier alpha value is -3.79. The number of ether oxygens (including phenoxy) is 1. The number of nitrogens with one attached hydrogen (secondary N) is 1. The van der Waals surface area contributed by atoms with Crippen LogP contribution in [0.15, 0.2) is 77.8 Å². The number of nitrogens with zero attached hydrogens (tertiary/aromatic N) is 3. The molecule has 1 fully saturated rings. The number of hydrogen-bond donors (Lipinski definition) is 1. The third-order valence-electron chi connectivity index (χ3n) is 7.77. The summed E-state index contributed by atoms with van der Waals surface area (Å²) < 4.78 is 35.4. The van der Waals surface area contributed by atoms with Crippen molar-refractivity contribution in [2.24, 2.45) is 0 Å². The Kier molecular flexibility index (Phi) is 9.75. The molecule has 3 aromatic carbocycles. The molecule has 1 saturated heterocycles. The topological polar surface area (TPSA) is 93.5 Å². The number of carbonyl (C=O) groups excluding carboxylic acids is 1. The molecule has 0 atom stereocenters. The number of amides is 1. The highest BCUT2D eigenvalue weighted by molar-refractivity contribution is 7.89. The Bertz CT molecular complexity index is 1670. The maximum atomic E-state index is 13.7. The minimum atomic E-state index is -3.73. The fraction of sp³-hybridized carbons (Fsp3) is 0.353. The van der Waals surface area contributed by atoms with Gasteiger partial charge in [-0.1, -0.05) is 79.9 Å². The SMILES string of the molecule is CCCCCc1cccc(Cn2cc(C(=O)Nc3ccc(C)c(S(=O)(=O)N4CCOCC4)c3)c(-c3ccc(C)cc3)n2)c1. The predicted molar refractivity (Wildman–Crippen MR) is 170 cm³/mol. The molecular weight excluding hydrogens is 560 g/mol. The molecule has 1 amide bonds. The molecule has 1 aliphatic heterocycles. The average molecular weight is 601 g/mol. The van der Waals surface area contributed by atoms with Crippen LogP contribution in [-0.2, 0) is 27.7 Å². The van der Waals surface area contributed by atoms with E-state index in [0.717, 1.165) is 29.5 Å². The molecule has 43 heavy (non-hydrogen) atoms. The van der Waals surface area contributed by atoms with Crippen molar-refractivity contribution >= 4 is 21.6 Å². The lowest BCUT2D eigenvalue weighted by Crippen LogP contribution is -2.40. The van der Waals surface area contributed by atoms with Gasteiger partial charge in [-0.05, 0) is 55.5 Å². The monoisotopic (exact) mass is 600 g/mol. The molecule has 0 unspecified atom stereocenters. The second kappa shape index (κ2) is 13.7. The predicted octanol–water partition coefficient (Wildman–Crippen LogP) is 6.22. The first-order valence-corrected chi connectivity index (χ1v) is 16.4. The lowest BCUT2D eigenvalue weighted by atomic mass is 10.0. The van der Waals surface area contributed by atoms with Crippen LogP contribution in [0.3, 0.4) is 0 Å². The van der Waals surface area contributed by atoms with E-state index in [2.05, 4.69) is 36.5 Å². The molecule has 1 aliphatic rings. The van der Waals surface area contributed by atoms with Crippen LogP contribution >= 0.6 is 0 Å². The van der Waals surface area contributed by atoms with Crippen LogP contribution in [0.25, 0.3) is 11.3 Å². The van der Waals surface area contributed by atoms with E-state index in [1.165, 1.54) is 28.8 Å². The van der Waals surface area contributed by atoms with Crippen LogP contribution in [-0.4, -0.2) is 54.7 Å². The quantitative estimate of drug-likeness (QED) is 0.206. The van der Waals surface area contributed by atoms with Gasteiger partial charge in [0.25, 0.3) is 5.91 Å². The summed E-state index contributed by atoms with van der Waals surface area (Å²) in [6, 6.07) is 21.5. The third kappa shape index (κ3) is 7.41. The number of unbranched alkanes of at least 4 members (excludes halogenated alkanes) is 2. The molecule has 0 bridgehead atoms. The molecule has 1 aromatic heterocycles. The van der Waals surface area contributed by atoms with Crippen molar-refractivity contribution in [3.63, 3.8) is 0 Å². The van der Waals surface area contributed by atoms with Crippen LogP contribution in [0.1, 0.15) is 58.8 Å². The van der Waals surface area contributed by atoms with Gasteiger partial charge in [0.05, 0.1) is 30.2 Å². The number of aromatic nitrogens is 2. The van der Waals surface area contributed by atoms with Crippen LogP contribution in [0, 0.1) is 13.8 Å². The van der Waals surface area contributed by atoms with Crippen LogP contribution in [0.4, 0.5) is 5.69 Å². The molecule has 8 nitrogen and oxygen atoms in total. The van der Waals surface area contributed by atoms with E-state index in [-0.39, 0.29) is 10.8 Å². The number of benzene rings is 3. The Morgan fingerprint density at radius 1 is 0.953 bits per heavy atom. The summed E-state index contributed by atoms with van der Waals surface area (Å²) in [5.74, 6) is -0.353. The summed E-state index contributed by atoms with van der Waals surface area (Å²) >= 11 is 0. The molecule has 0 saturated carbocycles. The van der Waals surface area contributed by atoms with Gasteiger partial charge in [-0.15, -0.1) is 0 Å². The van der Waals surface area contributed by atoms with Crippen LogP contribution in [0.5, 0.6) is 0 Å². The lowest BCUT2D eigenvalue weighted by molar-refractivity contribution is 0.0730. The molecule has 4 aromatic rings. The van der Waals surface area contributed by atoms with Crippen molar-refractivity contribution in [3.05, 3.63) is 101 Å². The highest BCUT2D eigenvalue weighted by Gasteiger charge is 2.28. The van der Waals surface area contributed by atoms with Crippen molar-refractivity contribution < 1.29 is 17.9 Å². The minimum Gasteiger partial charge on any atom is -0.379 e. The zero-order valence-electron chi connectivity index (χ0n) is 25.2. The normalized spacial score (nSPS) is 14.1. The summed E-state index contributed by atoms with van der Waals surface area (Å²) in [6.45, 7) is 7.85. The Morgan fingerprint density at radius 2 is 1.70 bits per heavy atom. The van der Waals surface area contributed by atoms with Gasteiger partial charge < -0.3 is 10.1 Å². The van der Waals surface area contributed by atoms with Crippen molar-refractivity contribution in [3.8, 4) is 11.3 Å². The van der Waals surface area contributed by atoms with Gasteiger partial charge >= 0.3 is 0 Å². The lowest BCUT2D eigenvalue weighted by Gasteiger charge is -2.26.